The summed E-state index contributed by atoms with van der Waals surface area (Å²) in [4.78, 5) is 9.46. The Bertz CT molecular complexity index is 75.0. The molecule has 0 fully saturated rings. The number of carbonyl (C=O) groups excluding carboxylic acids is 1. The second-order valence-corrected chi connectivity index (χ2v) is 1.00. The first-order valence-corrected chi connectivity index (χ1v) is 2.19. The van der Waals surface area contributed by atoms with Gasteiger partial charge in [-0.3, -0.25) is 0 Å². The van der Waals surface area contributed by atoms with E-state index in [-0.39, 0.29) is 36.4 Å². The van der Waals surface area contributed by atoms with E-state index in [0.29, 0.717) is 6.61 Å². The first-order valence-electron chi connectivity index (χ1n) is 2.19. The van der Waals surface area contributed by atoms with Crippen molar-refractivity contribution in [3.63, 3.8) is 0 Å². The fourth-order valence-electron chi connectivity index (χ4n) is 0.173. The number of carbonyl (C=O) groups is 1. The van der Waals surface area contributed by atoms with Crippen molar-refractivity contribution < 1.29 is 48.9 Å². The monoisotopic (exact) mass is 142 g/mol. The van der Waals surface area contributed by atoms with Crippen LogP contribution in [-0.2, 0) is 9.47 Å². The van der Waals surface area contributed by atoms with E-state index in [1.165, 1.54) is 0 Å². The van der Waals surface area contributed by atoms with Gasteiger partial charge in [0.25, 0.3) is 6.16 Å². The summed E-state index contributed by atoms with van der Waals surface area (Å²) in [5.74, 6) is 0. The Morgan fingerprint density at radius 2 is 2.22 bits per heavy atom. The Labute approximate surface area is 75.4 Å². The molecule has 9 heavy (non-hydrogen) atoms. The van der Waals surface area contributed by atoms with E-state index in [1.807, 2.05) is 0 Å². The number of ether oxygens (including phenoxy) is 2. The third-order valence-corrected chi connectivity index (χ3v) is 0.464. The van der Waals surface area contributed by atoms with Gasteiger partial charge < -0.3 is 19.4 Å². The molecule has 0 aromatic carbocycles. The maximum Gasteiger partial charge on any atom is 1.00 e. The van der Waals surface area contributed by atoms with Crippen molar-refractivity contribution in [1.29, 1.82) is 0 Å². The molecule has 0 aliphatic carbocycles. The van der Waals surface area contributed by atoms with Crippen molar-refractivity contribution in [2.24, 2.45) is 0 Å². The summed E-state index contributed by atoms with van der Waals surface area (Å²) in [5.41, 5.74) is 0. The van der Waals surface area contributed by atoms with Crippen LogP contribution < -0.4 is 34.7 Å². The molecule has 4 nitrogen and oxygen atoms in total. The van der Waals surface area contributed by atoms with Gasteiger partial charge in [-0.25, -0.2) is 0 Å². The number of carboxylic acid groups (broad SMARTS) is 1. The van der Waals surface area contributed by atoms with Crippen LogP contribution in [0.4, 0.5) is 4.79 Å². The van der Waals surface area contributed by atoms with E-state index < -0.39 is 6.16 Å². The minimum absolute atomic E-state index is 0. The molecule has 0 unspecified atom stereocenters. The van der Waals surface area contributed by atoms with Crippen LogP contribution in [0.5, 0.6) is 0 Å². The van der Waals surface area contributed by atoms with Crippen molar-refractivity contribution in [3.05, 3.63) is 0 Å². The molecule has 0 aliphatic rings. The molecule has 0 rings (SSSR count). The largest absolute Gasteiger partial charge is 1.00 e. The number of hydrogen-bond acceptors (Lipinski definition) is 4. The predicted octanol–water partition coefficient (Wildman–Crippen LogP) is -3.66. The predicted molar refractivity (Wildman–Crippen MR) is 23.0 cm³/mol. The van der Waals surface area contributed by atoms with E-state index in [1.54, 1.807) is 6.92 Å². The fraction of sp³-hybridized carbons (Fsp3) is 0.750. The van der Waals surface area contributed by atoms with E-state index in [0.717, 1.165) is 0 Å². The molecular formula is C4H7NaO4. The van der Waals surface area contributed by atoms with Crippen molar-refractivity contribution in [2.45, 2.75) is 6.92 Å². The summed E-state index contributed by atoms with van der Waals surface area (Å²) in [6.07, 6.45) is -1.56. The van der Waals surface area contributed by atoms with E-state index in [4.69, 9.17) is 0 Å². The van der Waals surface area contributed by atoms with Gasteiger partial charge >= 0.3 is 29.6 Å². The Balaban J connectivity index is 0. The molecule has 0 N–H and O–H groups in total. The van der Waals surface area contributed by atoms with Gasteiger partial charge in [0, 0.05) is 6.61 Å². The SMILES string of the molecule is CCOCOC(=O)[O-].[Na+]. The molecular weight excluding hydrogens is 135 g/mol. The first kappa shape index (κ1) is 12.0. The van der Waals surface area contributed by atoms with Crippen LogP contribution in [0.15, 0.2) is 0 Å². The van der Waals surface area contributed by atoms with Crippen LogP contribution in [-0.4, -0.2) is 19.6 Å². The molecule has 0 aliphatic heterocycles. The van der Waals surface area contributed by atoms with E-state index in [2.05, 4.69) is 9.47 Å². The van der Waals surface area contributed by atoms with Crippen LogP contribution in [0.25, 0.3) is 0 Å². The van der Waals surface area contributed by atoms with Gasteiger partial charge in [-0.1, -0.05) is 0 Å². The van der Waals surface area contributed by atoms with Gasteiger partial charge in [0.1, 0.15) is 6.79 Å². The number of hydrogen-bond donors (Lipinski definition) is 0. The molecule has 0 heterocycles. The zero-order valence-corrected chi connectivity index (χ0v) is 7.55. The van der Waals surface area contributed by atoms with Crippen LogP contribution >= 0.6 is 0 Å². The van der Waals surface area contributed by atoms with Crippen LogP contribution in [0.1, 0.15) is 6.92 Å². The summed E-state index contributed by atoms with van der Waals surface area (Å²) in [7, 11) is 0. The average molecular weight is 142 g/mol. The zero-order chi connectivity index (χ0) is 6.41. The van der Waals surface area contributed by atoms with Gasteiger partial charge in [0.15, 0.2) is 0 Å². The van der Waals surface area contributed by atoms with Gasteiger partial charge in [0.05, 0.1) is 0 Å². The average Bonchev–Trinajstić information content (AvgIpc) is 1.66. The van der Waals surface area contributed by atoms with E-state index in [9.17, 15) is 9.90 Å². The number of rotatable bonds is 3. The molecule has 0 radical (unpaired) electrons. The summed E-state index contributed by atoms with van der Waals surface area (Å²) in [6.45, 7) is 1.94. The minimum Gasteiger partial charge on any atom is -0.524 e. The van der Waals surface area contributed by atoms with Gasteiger partial charge in [0.2, 0.25) is 0 Å². The molecule has 0 atom stereocenters. The Morgan fingerprint density at radius 3 is 2.56 bits per heavy atom. The summed E-state index contributed by atoms with van der Waals surface area (Å²) in [6, 6.07) is 0. The standard InChI is InChI=1S/C4H8O4.Na/c1-2-7-3-8-4(5)6;/h2-3H2,1H3,(H,5,6);/q;+1/p-1. The van der Waals surface area contributed by atoms with Crippen molar-refractivity contribution in [1.82, 2.24) is 0 Å². The zero-order valence-electron chi connectivity index (χ0n) is 5.55. The van der Waals surface area contributed by atoms with E-state index >= 15 is 0 Å². The van der Waals surface area contributed by atoms with Crippen molar-refractivity contribution in [2.75, 3.05) is 13.4 Å². The first-order chi connectivity index (χ1) is 3.77. The topological polar surface area (TPSA) is 58.6 Å². The maximum absolute atomic E-state index is 9.46. The third-order valence-electron chi connectivity index (χ3n) is 0.464. The van der Waals surface area contributed by atoms with Crippen LogP contribution in [0, 0.1) is 0 Å². The molecule has 0 bridgehead atoms. The quantitative estimate of drug-likeness (QED) is 0.176. The smallest absolute Gasteiger partial charge is 0.524 e. The second-order valence-electron chi connectivity index (χ2n) is 1.00. The summed E-state index contributed by atoms with van der Waals surface area (Å²) in [5, 5.41) is 9.46. The van der Waals surface area contributed by atoms with Crippen LogP contribution in [0.3, 0.4) is 0 Å². The van der Waals surface area contributed by atoms with Gasteiger partial charge in [-0.05, 0) is 6.92 Å². The van der Waals surface area contributed by atoms with Crippen molar-refractivity contribution >= 4 is 6.16 Å². The molecule has 0 spiro atoms. The molecule has 5 heteroatoms. The molecule has 0 saturated carbocycles. The summed E-state index contributed by atoms with van der Waals surface area (Å²) >= 11 is 0. The summed E-state index contributed by atoms with van der Waals surface area (Å²) < 4.78 is 8.37. The Kier molecular flexibility index (Phi) is 10.9. The molecule has 0 saturated heterocycles. The normalized spacial score (nSPS) is 7.67. The maximum atomic E-state index is 9.46. The Hall–Kier alpha value is 0.230. The molecule has 48 valence electrons. The van der Waals surface area contributed by atoms with Crippen molar-refractivity contribution in [3.8, 4) is 0 Å². The second kappa shape index (κ2) is 8.23. The Morgan fingerprint density at radius 1 is 1.67 bits per heavy atom. The molecule has 0 aromatic heterocycles. The van der Waals surface area contributed by atoms with Crippen LogP contribution in [0.2, 0.25) is 0 Å². The molecule has 0 amide bonds. The molecule has 0 aromatic rings. The minimum atomic E-state index is -1.56. The fourth-order valence-corrected chi connectivity index (χ4v) is 0.173. The van der Waals surface area contributed by atoms with Gasteiger partial charge in [-0.2, -0.15) is 0 Å². The third kappa shape index (κ3) is 11.7. The van der Waals surface area contributed by atoms with Gasteiger partial charge in [-0.15, -0.1) is 0 Å².